The summed E-state index contributed by atoms with van der Waals surface area (Å²) in [6.45, 7) is 0.0189. The fourth-order valence-corrected chi connectivity index (χ4v) is 5.56. The summed E-state index contributed by atoms with van der Waals surface area (Å²) in [5.74, 6) is 0.901. The van der Waals surface area contributed by atoms with Crippen LogP contribution in [0.15, 0.2) is 39.9 Å². The Morgan fingerprint density at radius 2 is 1.96 bits per heavy atom. The molecule has 0 bridgehead atoms. The minimum absolute atomic E-state index is 0.0189. The summed E-state index contributed by atoms with van der Waals surface area (Å²) in [6.07, 6.45) is 1.73. The van der Waals surface area contributed by atoms with Crippen LogP contribution < -0.4 is 14.8 Å². The first kappa shape index (κ1) is 18.7. The van der Waals surface area contributed by atoms with E-state index in [1.54, 1.807) is 35.7 Å². The molecule has 26 heavy (non-hydrogen) atoms. The average Bonchev–Trinajstić information content (AvgIpc) is 3.34. The fraction of sp³-hybridized carbons (Fsp3) is 0.389. The number of benzene rings is 1. The Hall–Kier alpha value is -2.06. The van der Waals surface area contributed by atoms with Crippen LogP contribution in [-0.2, 0) is 14.6 Å². The van der Waals surface area contributed by atoms with Gasteiger partial charge in [0.2, 0.25) is 5.91 Å². The Kier molecular flexibility index (Phi) is 5.52. The molecule has 0 spiro atoms. The van der Waals surface area contributed by atoms with E-state index >= 15 is 0 Å². The molecular weight excluding hydrogens is 374 g/mol. The van der Waals surface area contributed by atoms with E-state index in [2.05, 4.69) is 5.32 Å². The molecule has 1 amide bonds. The van der Waals surface area contributed by atoms with Crippen molar-refractivity contribution in [1.29, 1.82) is 0 Å². The van der Waals surface area contributed by atoms with E-state index in [1.807, 2.05) is 0 Å². The van der Waals surface area contributed by atoms with E-state index < -0.39 is 15.1 Å². The third-order valence-corrected chi connectivity index (χ3v) is 7.87. The molecule has 1 heterocycles. The van der Waals surface area contributed by atoms with E-state index in [4.69, 9.17) is 9.47 Å². The van der Waals surface area contributed by atoms with Gasteiger partial charge < -0.3 is 14.8 Å². The van der Waals surface area contributed by atoms with Gasteiger partial charge in [-0.3, -0.25) is 4.79 Å². The number of thiophene rings is 1. The normalized spacial score (nSPS) is 15.3. The van der Waals surface area contributed by atoms with Gasteiger partial charge in [0.25, 0.3) is 0 Å². The SMILES string of the molecule is COc1ccc([C@@H](CNC(=O)C2CC2)S(=O)(=O)c2cccs2)cc1OC. The number of ether oxygens (including phenoxy) is 2. The molecular formula is C18H21NO5S2. The predicted octanol–water partition coefficient (Wildman–Crippen LogP) is 2.81. The van der Waals surface area contributed by atoms with Gasteiger partial charge in [-0.1, -0.05) is 12.1 Å². The largest absolute Gasteiger partial charge is 0.493 e. The molecule has 1 aliphatic carbocycles. The molecule has 0 radical (unpaired) electrons. The van der Waals surface area contributed by atoms with Gasteiger partial charge in [-0.15, -0.1) is 11.3 Å². The Balaban J connectivity index is 1.95. The lowest BCUT2D eigenvalue weighted by molar-refractivity contribution is -0.122. The second-order valence-electron chi connectivity index (χ2n) is 6.10. The molecule has 3 rings (SSSR count). The average molecular weight is 396 g/mol. The highest BCUT2D eigenvalue weighted by atomic mass is 32.2. The highest BCUT2D eigenvalue weighted by molar-refractivity contribution is 7.93. The van der Waals surface area contributed by atoms with Gasteiger partial charge in [0, 0.05) is 12.5 Å². The number of rotatable bonds is 8. The van der Waals surface area contributed by atoms with Crippen molar-refractivity contribution in [3.8, 4) is 11.5 Å². The van der Waals surface area contributed by atoms with Crippen LogP contribution in [0, 0.1) is 5.92 Å². The Bertz CT molecular complexity index is 873. The molecule has 140 valence electrons. The van der Waals surface area contributed by atoms with Gasteiger partial charge >= 0.3 is 0 Å². The summed E-state index contributed by atoms with van der Waals surface area (Å²) in [4.78, 5) is 12.0. The van der Waals surface area contributed by atoms with Crippen LogP contribution in [0.4, 0.5) is 0 Å². The molecule has 6 nitrogen and oxygen atoms in total. The zero-order valence-electron chi connectivity index (χ0n) is 14.6. The van der Waals surface area contributed by atoms with Crippen molar-refractivity contribution >= 4 is 27.1 Å². The summed E-state index contributed by atoms with van der Waals surface area (Å²) in [5.41, 5.74) is 0.548. The van der Waals surface area contributed by atoms with Crippen molar-refractivity contribution in [2.45, 2.75) is 22.3 Å². The smallest absolute Gasteiger partial charge is 0.223 e. The number of amides is 1. The number of hydrogen-bond acceptors (Lipinski definition) is 6. The molecule has 0 aliphatic heterocycles. The number of methoxy groups -OCH3 is 2. The maximum Gasteiger partial charge on any atom is 0.223 e. The highest BCUT2D eigenvalue weighted by Crippen LogP contribution is 2.36. The Labute approximate surface area is 157 Å². The molecule has 1 fully saturated rings. The van der Waals surface area contributed by atoms with Gasteiger partial charge in [-0.2, -0.15) is 0 Å². The van der Waals surface area contributed by atoms with Crippen molar-refractivity contribution in [2.24, 2.45) is 5.92 Å². The molecule has 1 N–H and O–H groups in total. The van der Waals surface area contributed by atoms with Crippen molar-refractivity contribution in [1.82, 2.24) is 5.32 Å². The maximum atomic E-state index is 13.1. The van der Waals surface area contributed by atoms with Gasteiger partial charge in [-0.05, 0) is 42.0 Å². The lowest BCUT2D eigenvalue weighted by Gasteiger charge is -2.19. The lowest BCUT2D eigenvalue weighted by atomic mass is 10.1. The summed E-state index contributed by atoms with van der Waals surface area (Å²) >= 11 is 1.17. The molecule has 0 saturated heterocycles. The molecule has 1 aliphatic rings. The van der Waals surface area contributed by atoms with Crippen LogP contribution in [0.5, 0.6) is 11.5 Å². The van der Waals surface area contributed by atoms with E-state index in [9.17, 15) is 13.2 Å². The van der Waals surface area contributed by atoms with E-state index in [1.165, 1.54) is 25.6 Å². The van der Waals surface area contributed by atoms with Crippen LogP contribution in [-0.4, -0.2) is 35.1 Å². The van der Waals surface area contributed by atoms with Gasteiger partial charge in [-0.25, -0.2) is 8.42 Å². The summed E-state index contributed by atoms with van der Waals surface area (Å²) < 4.78 is 37.1. The predicted molar refractivity (Wildman–Crippen MR) is 99.5 cm³/mol. The van der Waals surface area contributed by atoms with Crippen molar-refractivity contribution in [3.63, 3.8) is 0 Å². The summed E-state index contributed by atoms with van der Waals surface area (Å²) in [7, 11) is -0.628. The topological polar surface area (TPSA) is 81.7 Å². The molecule has 1 saturated carbocycles. The van der Waals surface area contributed by atoms with Crippen LogP contribution >= 0.6 is 11.3 Å². The molecule has 0 unspecified atom stereocenters. The zero-order chi connectivity index (χ0) is 18.7. The fourth-order valence-electron chi connectivity index (χ4n) is 2.71. The maximum absolute atomic E-state index is 13.1. The number of carbonyl (C=O) groups excluding carboxylic acids is 1. The minimum atomic E-state index is -3.65. The van der Waals surface area contributed by atoms with Gasteiger partial charge in [0.15, 0.2) is 21.3 Å². The lowest BCUT2D eigenvalue weighted by Crippen LogP contribution is -2.32. The van der Waals surface area contributed by atoms with E-state index in [0.29, 0.717) is 17.1 Å². The third kappa shape index (κ3) is 3.86. The molecule has 2 aromatic rings. The van der Waals surface area contributed by atoms with Crippen LogP contribution in [0.2, 0.25) is 0 Å². The minimum Gasteiger partial charge on any atom is -0.493 e. The van der Waals surface area contributed by atoms with Crippen LogP contribution in [0.1, 0.15) is 23.7 Å². The van der Waals surface area contributed by atoms with Crippen LogP contribution in [0.25, 0.3) is 0 Å². The Morgan fingerprint density at radius 1 is 1.23 bits per heavy atom. The molecule has 1 aromatic heterocycles. The summed E-state index contributed by atoms with van der Waals surface area (Å²) in [6, 6.07) is 8.30. The third-order valence-electron chi connectivity index (χ3n) is 4.34. The first-order valence-corrected chi connectivity index (χ1v) is 10.7. The summed E-state index contributed by atoms with van der Waals surface area (Å²) in [5, 5.41) is 3.62. The number of sulfone groups is 1. The number of carbonyl (C=O) groups is 1. The van der Waals surface area contributed by atoms with E-state index in [0.717, 1.165) is 12.8 Å². The van der Waals surface area contributed by atoms with Crippen molar-refractivity contribution in [3.05, 3.63) is 41.3 Å². The quantitative estimate of drug-likeness (QED) is 0.743. The zero-order valence-corrected chi connectivity index (χ0v) is 16.2. The molecule has 8 heteroatoms. The van der Waals surface area contributed by atoms with Gasteiger partial charge in [0.1, 0.15) is 9.46 Å². The standard InChI is InChI=1S/C18H21NO5S2/c1-23-14-8-7-13(10-15(14)24-2)16(11-19-18(20)12-5-6-12)26(21,22)17-4-3-9-25-17/h3-4,7-10,12,16H,5-6,11H2,1-2H3,(H,19,20)/t16-/m1/s1. The molecule has 1 atom stereocenters. The van der Waals surface area contributed by atoms with Crippen molar-refractivity contribution in [2.75, 3.05) is 20.8 Å². The first-order valence-electron chi connectivity index (χ1n) is 8.24. The number of nitrogens with one attached hydrogen (secondary N) is 1. The second-order valence-corrected chi connectivity index (χ2v) is 9.40. The van der Waals surface area contributed by atoms with Gasteiger partial charge in [0.05, 0.1) is 14.2 Å². The number of hydrogen-bond donors (Lipinski definition) is 1. The van der Waals surface area contributed by atoms with E-state index in [-0.39, 0.29) is 22.6 Å². The monoisotopic (exact) mass is 395 g/mol. The Morgan fingerprint density at radius 3 is 2.54 bits per heavy atom. The van der Waals surface area contributed by atoms with Crippen molar-refractivity contribution < 1.29 is 22.7 Å². The highest BCUT2D eigenvalue weighted by Gasteiger charge is 2.34. The van der Waals surface area contributed by atoms with Crippen LogP contribution in [0.3, 0.4) is 0 Å². The molecule has 1 aromatic carbocycles. The first-order chi connectivity index (χ1) is 12.5. The second kappa shape index (κ2) is 7.67.